The molecule has 2 N–H and O–H groups in total. The first-order valence-electron chi connectivity index (χ1n) is 8.36. The van der Waals surface area contributed by atoms with Crippen LogP contribution in [0.15, 0.2) is 36.0 Å². The second kappa shape index (κ2) is 9.42. The number of amides is 1. The van der Waals surface area contributed by atoms with Gasteiger partial charge in [-0.2, -0.15) is 5.26 Å². The minimum atomic E-state index is -0.883. The number of carboxylic acids is 1. The summed E-state index contributed by atoms with van der Waals surface area (Å²) in [5.74, 6) is -1.52. The molecular formula is C18H21FN4O3. The van der Waals surface area contributed by atoms with E-state index in [2.05, 4.69) is 10.2 Å². The summed E-state index contributed by atoms with van der Waals surface area (Å²) in [4.78, 5) is 26.5. The number of carboxylic acid groups (broad SMARTS) is 1. The molecule has 1 saturated heterocycles. The summed E-state index contributed by atoms with van der Waals surface area (Å²) in [5.41, 5.74) is 0.894. The third-order valence-corrected chi connectivity index (χ3v) is 4.07. The number of aliphatic carboxylic acids is 1. The molecule has 0 aliphatic carbocycles. The molecule has 0 unspecified atom stereocenters. The van der Waals surface area contributed by atoms with E-state index in [4.69, 9.17) is 5.11 Å². The van der Waals surface area contributed by atoms with Gasteiger partial charge in [0.25, 0.3) is 5.91 Å². The Balaban J connectivity index is 1.84. The Morgan fingerprint density at radius 2 is 1.88 bits per heavy atom. The molecule has 1 aliphatic rings. The van der Waals surface area contributed by atoms with Crippen LogP contribution in [-0.2, 0) is 9.59 Å². The van der Waals surface area contributed by atoms with E-state index >= 15 is 0 Å². The molecule has 0 aromatic heterocycles. The molecular weight excluding hydrogens is 339 g/mol. The molecule has 138 valence electrons. The molecule has 1 fully saturated rings. The van der Waals surface area contributed by atoms with Gasteiger partial charge < -0.3 is 20.2 Å². The van der Waals surface area contributed by atoms with E-state index in [1.165, 1.54) is 18.3 Å². The van der Waals surface area contributed by atoms with Crippen molar-refractivity contribution >= 4 is 17.6 Å². The second-order valence-corrected chi connectivity index (χ2v) is 5.88. The molecule has 1 amide bonds. The molecule has 1 aliphatic heterocycles. The molecule has 1 aromatic carbocycles. The maximum absolute atomic E-state index is 13.0. The summed E-state index contributed by atoms with van der Waals surface area (Å²) in [6.07, 6.45) is 1.79. The van der Waals surface area contributed by atoms with Gasteiger partial charge in [0, 0.05) is 51.0 Å². The number of anilines is 1. The zero-order valence-corrected chi connectivity index (χ0v) is 14.3. The summed E-state index contributed by atoms with van der Waals surface area (Å²) in [6, 6.07) is 8.09. The first-order chi connectivity index (χ1) is 12.5. The number of hydrogen-bond acceptors (Lipinski definition) is 5. The van der Waals surface area contributed by atoms with Gasteiger partial charge in [-0.1, -0.05) is 0 Å². The number of nitriles is 1. The van der Waals surface area contributed by atoms with E-state index in [1.54, 1.807) is 17.0 Å². The maximum atomic E-state index is 13.0. The van der Waals surface area contributed by atoms with Crippen molar-refractivity contribution in [3.63, 3.8) is 0 Å². The Morgan fingerprint density at radius 1 is 1.23 bits per heavy atom. The van der Waals surface area contributed by atoms with Gasteiger partial charge in [0.1, 0.15) is 17.5 Å². The highest BCUT2D eigenvalue weighted by molar-refractivity contribution is 5.97. The van der Waals surface area contributed by atoms with Crippen LogP contribution in [0, 0.1) is 17.1 Å². The number of carbonyl (C=O) groups is 2. The highest BCUT2D eigenvalue weighted by Crippen LogP contribution is 2.17. The monoisotopic (exact) mass is 360 g/mol. The molecule has 0 spiro atoms. The van der Waals surface area contributed by atoms with Crippen LogP contribution in [0.3, 0.4) is 0 Å². The van der Waals surface area contributed by atoms with Gasteiger partial charge in [-0.15, -0.1) is 0 Å². The number of hydrogen-bond donors (Lipinski definition) is 2. The second-order valence-electron chi connectivity index (χ2n) is 5.88. The third kappa shape index (κ3) is 5.48. The number of halogens is 1. The quantitative estimate of drug-likeness (QED) is 0.433. The zero-order valence-electron chi connectivity index (χ0n) is 14.3. The van der Waals surface area contributed by atoms with Crippen molar-refractivity contribution in [3.8, 4) is 6.07 Å². The molecule has 26 heavy (non-hydrogen) atoms. The molecule has 0 atom stereocenters. The minimum absolute atomic E-state index is 0.00411. The van der Waals surface area contributed by atoms with Crippen LogP contribution in [0.4, 0.5) is 10.1 Å². The Morgan fingerprint density at radius 3 is 2.46 bits per heavy atom. The summed E-state index contributed by atoms with van der Waals surface area (Å²) in [5, 5.41) is 20.6. The average Bonchev–Trinajstić information content (AvgIpc) is 2.65. The molecule has 2 rings (SSSR count). The fraction of sp³-hybridized carbons (Fsp3) is 0.389. The highest BCUT2D eigenvalue weighted by atomic mass is 19.1. The van der Waals surface area contributed by atoms with Gasteiger partial charge in [0.05, 0.1) is 0 Å². The zero-order chi connectivity index (χ0) is 18.9. The first kappa shape index (κ1) is 19.2. The number of carbonyl (C=O) groups excluding carboxylic acids is 1. The highest BCUT2D eigenvalue weighted by Gasteiger charge is 2.23. The molecule has 1 aromatic rings. The Hall–Kier alpha value is -3.08. The van der Waals surface area contributed by atoms with Gasteiger partial charge in [0.2, 0.25) is 0 Å². The predicted molar refractivity (Wildman–Crippen MR) is 93.8 cm³/mol. The number of rotatable bonds is 7. The fourth-order valence-corrected chi connectivity index (χ4v) is 2.65. The summed E-state index contributed by atoms with van der Waals surface area (Å²) < 4.78 is 13.0. The largest absolute Gasteiger partial charge is 0.481 e. The standard InChI is InChI=1S/C18H21FN4O3/c19-15-3-5-16(6-4-15)22-8-10-23(11-9-22)18(26)14(12-20)13-21-7-1-2-17(24)25/h3-6,13,21H,1-2,7-11H2,(H,24,25)/b14-13-. The van der Waals surface area contributed by atoms with E-state index in [0.29, 0.717) is 39.1 Å². The van der Waals surface area contributed by atoms with E-state index in [9.17, 15) is 19.2 Å². The van der Waals surface area contributed by atoms with Crippen LogP contribution in [0.25, 0.3) is 0 Å². The SMILES string of the molecule is N#C/C(=C/NCCCC(=O)O)C(=O)N1CCN(c2ccc(F)cc2)CC1. The van der Waals surface area contributed by atoms with Crippen LogP contribution >= 0.6 is 0 Å². The van der Waals surface area contributed by atoms with Crippen molar-refractivity contribution in [2.45, 2.75) is 12.8 Å². The van der Waals surface area contributed by atoms with Gasteiger partial charge in [-0.05, 0) is 30.7 Å². The lowest BCUT2D eigenvalue weighted by Crippen LogP contribution is -2.49. The average molecular weight is 360 g/mol. The van der Waals surface area contributed by atoms with E-state index in [0.717, 1.165) is 5.69 Å². The third-order valence-electron chi connectivity index (χ3n) is 4.07. The summed E-state index contributed by atoms with van der Waals surface area (Å²) >= 11 is 0. The molecule has 0 saturated carbocycles. The Labute approximate surface area is 151 Å². The number of nitrogens with one attached hydrogen (secondary N) is 1. The number of benzene rings is 1. The van der Waals surface area contributed by atoms with E-state index < -0.39 is 5.97 Å². The lowest BCUT2D eigenvalue weighted by Gasteiger charge is -2.36. The van der Waals surface area contributed by atoms with Gasteiger partial charge in [-0.25, -0.2) is 4.39 Å². The number of piperazine rings is 1. The topological polar surface area (TPSA) is 96.7 Å². The molecule has 0 radical (unpaired) electrons. The first-order valence-corrected chi connectivity index (χ1v) is 8.36. The van der Waals surface area contributed by atoms with Crippen molar-refractivity contribution in [3.05, 3.63) is 41.9 Å². The van der Waals surface area contributed by atoms with Gasteiger partial charge in [-0.3, -0.25) is 9.59 Å². The molecule has 8 heteroatoms. The van der Waals surface area contributed by atoms with Crippen molar-refractivity contribution in [1.82, 2.24) is 10.2 Å². The molecule has 7 nitrogen and oxygen atoms in total. The van der Waals surface area contributed by atoms with Gasteiger partial charge in [0.15, 0.2) is 0 Å². The van der Waals surface area contributed by atoms with Crippen LogP contribution in [0.1, 0.15) is 12.8 Å². The summed E-state index contributed by atoms with van der Waals surface area (Å²) in [6.45, 7) is 2.51. The molecule has 0 bridgehead atoms. The van der Waals surface area contributed by atoms with Crippen molar-refractivity contribution in [2.24, 2.45) is 0 Å². The maximum Gasteiger partial charge on any atom is 0.303 e. The molecule has 1 heterocycles. The van der Waals surface area contributed by atoms with Crippen LogP contribution in [-0.4, -0.2) is 54.6 Å². The lowest BCUT2D eigenvalue weighted by atomic mass is 10.2. The van der Waals surface area contributed by atoms with Crippen molar-refractivity contribution in [2.75, 3.05) is 37.6 Å². The number of nitrogens with zero attached hydrogens (tertiary/aromatic N) is 3. The summed E-state index contributed by atoms with van der Waals surface area (Å²) in [7, 11) is 0. The van der Waals surface area contributed by atoms with Gasteiger partial charge >= 0.3 is 5.97 Å². The van der Waals surface area contributed by atoms with Crippen LogP contribution < -0.4 is 10.2 Å². The van der Waals surface area contributed by atoms with Crippen molar-refractivity contribution < 1.29 is 19.1 Å². The normalized spacial score (nSPS) is 14.7. The Bertz CT molecular complexity index is 704. The van der Waals surface area contributed by atoms with E-state index in [-0.39, 0.29) is 23.7 Å². The smallest absolute Gasteiger partial charge is 0.303 e. The van der Waals surface area contributed by atoms with Crippen LogP contribution in [0.5, 0.6) is 0 Å². The van der Waals surface area contributed by atoms with Crippen molar-refractivity contribution in [1.29, 1.82) is 5.26 Å². The lowest BCUT2D eigenvalue weighted by molar-refractivity contribution is -0.137. The van der Waals surface area contributed by atoms with E-state index in [1.807, 2.05) is 6.07 Å². The Kier molecular flexibility index (Phi) is 6.97. The fourth-order valence-electron chi connectivity index (χ4n) is 2.65. The predicted octanol–water partition coefficient (Wildman–Crippen LogP) is 1.34. The minimum Gasteiger partial charge on any atom is -0.481 e. The van der Waals surface area contributed by atoms with Crippen LogP contribution in [0.2, 0.25) is 0 Å².